The summed E-state index contributed by atoms with van der Waals surface area (Å²) in [7, 11) is 0. The molecule has 0 bridgehead atoms. The van der Waals surface area contributed by atoms with Crippen LogP contribution in [0.25, 0.3) is 0 Å². The Labute approximate surface area is 129 Å². The number of benzene rings is 1. The van der Waals surface area contributed by atoms with E-state index in [1.54, 1.807) is 6.92 Å². The first kappa shape index (κ1) is 16.3. The molecule has 1 aromatic carbocycles. The summed E-state index contributed by atoms with van der Waals surface area (Å²) < 4.78 is 18.6. The fraction of sp³-hybridized carbons (Fsp3) is 0.500. The van der Waals surface area contributed by atoms with E-state index in [1.807, 2.05) is 13.8 Å². The van der Waals surface area contributed by atoms with Crippen LogP contribution in [-0.2, 0) is 14.3 Å². The van der Waals surface area contributed by atoms with Gasteiger partial charge in [0, 0.05) is 0 Å². The highest BCUT2D eigenvalue weighted by Crippen LogP contribution is 2.34. The lowest BCUT2D eigenvalue weighted by atomic mass is 10.0. The quantitative estimate of drug-likeness (QED) is 0.850. The molecule has 1 aliphatic rings. The van der Waals surface area contributed by atoms with Crippen molar-refractivity contribution in [3.05, 3.63) is 24.0 Å². The molecule has 1 aromatic rings. The molecule has 2 rings (SSSR count). The summed E-state index contributed by atoms with van der Waals surface area (Å²) in [6, 6.07) is 2.89. The van der Waals surface area contributed by atoms with Crippen molar-refractivity contribution in [1.82, 2.24) is 0 Å². The standard InChI is InChI=1S/C16H21FN2O3/c1-4-8-22-16(21)13(5-2)19-14-7-6-11(17)9-12(14)18-10(3)15(19)20/h6-7,9-10,13,18H,4-5,8H2,1-3H3. The van der Waals surface area contributed by atoms with E-state index in [0.29, 0.717) is 24.4 Å². The third kappa shape index (κ3) is 3.05. The van der Waals surface area contributed by atoms with Crippen LogP contribution in [0.4, 0.5) is 15.8 Å². The summed E-state index contributed by atoms with van der Waals surface area (Å²) in [5, 5.41) is 2.96. The summed E-state index contributed by atoms with van der Waals surface area (Å²) in [4.78, 5) is 26.2. The average Bonchev–Trinajstić information content (AvgIpc) is 2.49. The molecule has 0 aliphatic carbocycles. The summed E-state index contributed by atoms with van der Waals surface area (Å²) in [5.41, 5.74) is 1.01. The Morgan fingerprint density at radius 2 is 2.18 bits per heavy atom. The minimum atomic E-state index is -0.701. The molecule has 22 heavy (non-hydrogen) atoms. The first-order valence-corrected chi connectivity index (χ1v) is 7.55. The molecule has 1 N–H and O–H groups in total. The van der Waals surface area contributed by atoms with Crippen molar-refractivity contribution in [1.29, 1.82) is 0 Å². The van der Waals surface area contributed by atoms with Crippen LogP contribution in [0.15, 0.2) is 18.2 Å². The summed E-state index contributed by atoms with van der Waals surface area (Å²) in [6.07, 6.45) is 1.15. The minimum Gasteiger partial charge on any atom is -0.464 e. The summed E-state index contributed by atoms with van der Waals surface area (Å²) >= 11 is 0. The lowest BCUT2D eigenvalue weighted by molar-refractivity contribution is -0.146. The van der Waals surface area contributed by atoms with Crippen molar-refractivity contribution < 1.29 is 18.7 Å². The monoisotopic (exact) mass is 308 g/mol. The van der Waals surface area contributed by atoms with Gasteiger partial charge in [-0.1, -0.05) is 13.8 Å². The number of carbonyl (C=O) groups excluding carboxylic acids is 2. The largest absolute Gasteiger partial charge is 0.464 e. The maximum Gasteiger partial charge on any atom is 0.329 e. The van der Waals surface area contributed by atoms with Crippen molar-refractivity contribution >= 4 is 23.3 Å². The molecule has 0 fully saturated rings. The van der Waals surface area contributed by atoms with Crippen LogP contribution >= 0.6 is 0 Å². The molecular weight excluding hydrogens is 287 g/mol. The normalized spacial score (nSPS) is 18.5. The van der Waals surface area contributed by atoms with E-state index in [1.165, 1.54) is 23.1 Å². The van der Waals surface area contributed by atoms with Crippen LogP contribution in [0.3, 0.4) is 0 Å². The van der Waals surface area contributed by atoms with Gasteiger partial charge < -0.3 is 10.1 Å². The fourth-order valence-corrected chi connectivity index (χ4v) is 2.53. The van der Waals surface area contributed by atoms with Gasteiger partial charge in [-0.25, -0.2) is 9.18 Å². The van der Waals surface area contributed by atoms with Crippen LogP contribution in [0, 0.1) is 5.82 Å². The zero-order valence-corrected chi connectivity index (χ0v) is 13.1. The van der Waals surface area contributed by atoms with Gasteiger partial charge in [-0.15, -0.1) is 0 Å². The molecule has 0 saturated heterocycles. The third-order valence-corrected chi connectivity index (χ3v) is 3.62. The van der Waals surface area contributed by atoms with Crippen LogP contribution in [-0.4, -0.2) is 30.6 Å². The van der Waals surface area contributed by atoms with Crippen molar-refractivity contribution in [2.45, 2.75) is 45.7 Å². The average molecular weight is 308 g/mol. The molecule has 2 atom stereocenters. The molecule has 1 aliphatic heterocycles. The molecule has 1 amide bonds. The number of hydrogen-bond donors (Lipinski definition) is 1. The lowest BCUT2D eigenvalue weighted by Gasteiger charge is -2.37. The van der Waals surface area contributed by atoms with Crippen LogP contribution in [0.5, 0.6) is 0 Å². The highest BCUT2D eigenvalue weighted by molar-refractivity contribution is 6.08. The van der Waals surface area contributed by atoms with E-state index in [9.17, 15) is 14.0 Å². The highest BCUT2D eigenvalue weighted by atomic mass is 19.1. The van der Waals surface area contributed by atoms with Crippen LogP contribution < -0.4 is 10.2 Å². The summed E-state index contributed by atoms with van der Waals surface area (Å²) in [6.45, 7) is 5.74. The minimum absolute atomic E-state index is 0.223. The topological polar surface area (TPSA) is 58.6 Å². The number of rotatable bonds is 5. The Hall–Kier alpha value is -2.11. The number of halogens is 1. The van der Waals surface area contributed by atoms with Gasteiger partial charge in [0.25, 0.3) is 0 Å². The summed E-state index contributed by atoms with van der Waals surface area (Å²) in [5.74, 6) is -1.05. The van der Waals surface area contributed by atoms with Gasteiger partial charge in [0.15, 0.2) is 0 Å². The highest BCUT2D eigenvalue weighted by Gasteiger charge is 2.37. The maximum absolute atomic E-state index is 13.4. The molecule has 5 nitrogen and oxygen atoms in total. The van der Waals surface area contributed by atoms with E-state index >= 15 is 0 Å². The zero-order chi connectivity index (χ0) is 16.3. The Balaban J connectivity index is 2.38. The maximum atomic E-state index is 13.4. The molecule has 0 aromatic heterocycles. The molecule has 6 heteroatoms. The van der Waals surface area contributed by atoms with E-state index in [4.69, 9.17) is 4.74 Å². The second kappa shape index (κ2) is 6.77. The lowest BCUT2D eigenvalue weighted by Crippen LogP contribution is -2.53. The Bertz CT molecular complexity index is 577. The Kier molecular flexibility index (Phi) is 5.00. The van der Waals surface area contributed by atoms with E-state index in [0.717, 1.165) is 6.42 Å². The predicted octanol–water partition coefficient (Wildman–Crippen LogP) is 2.70. The van der Waals surface area contributed by atoms with Crippen LogP contribution in [0.2, 0.25) is 0 Å². The zero-order valence-electron chi connectivity index (χ0n) is 13.1. The molecule has 1 heterocycles. The number of carbonyl (C=O) groups is 2. The van der Waals surface area contributed by atoms with E-state index in [2.05, 4.69) is 5.32 Å². The number of amides is 1. The first-order valence-electron chi connectivity index (χ1n) is 7.55. The van der Waals surface area contributed by atoms with Crippen LogP contribution in [0.1, 0.15) is 33.6 Å². The number of esters is 1. The van der Waals surface area contributed by atoms with Gasteiger partial charge in [-0.05, 0) is 38.0 Å². The van der Waals surface area contributed by atoms with Gasteiger partial charge in [0.05, 0.1) is 18.0 Å². The number of ether oxygens (including phenoxy) is 1. The van der Waals surface area contributed by atoms with E-state index in [-0.39, 0.29) is 5.91 Å². The number of hydrogen-bond acceptors (Lipinski definition) is 4. The Morgan fingerprint density at radius 1 is 1.45 bits per heavy atom. The van der Waals surface area contributed by atoms with Crippen molar-refractivity contribution in [3.63, 3.8) is 0 Å². The van der Waals surface area contributed by atoms with Crippen molar-refractivity contribution in [2.75, 3.05) is 16.8 Å². The molecule has 0 radical (unpaired) electrons. The number of anilines is 2. The third-order valence-electron chi connectivity index (χ3n) is 3.62. The van der Waals surface area contributed by atoms with Gasteiger partial charge in [0.1, 0.15) is 17.9 Å². The predicted molar refractivity (Wildman–Crippen MR) is 82.3 cm³/mol. The van der Waals surface area contributed by atoms with Crippen molar-refractivity contribution in [2.24, 2.45) is 0 Å². The Morgan fingerprint density at radius 3 is 2.82 bits per heavy atom. The fourth-order valence-electron chi connectivity index (χ4n) is 2.53. The SMILES string of the molecule is CCCOC(=O)C(CC)N1C(=O)C(C)Nc2cc(F)ccc21. The molecular formula is C16H21FN2O3. The first-order chi connectivity index (χ1) is 10.5. The second-order valence-corrected chi connectivity index (χ2v) is 5.33. The molecule has 2 unspecified atom stereocenters. The number of nitrogens with zero attached hydrogens (tertiary/aromatic N) is 1. The van der Waals surface area contributed by atoms with Gasteiger partial charge >= 0.3 is 5.97 Å². The van der Waals surface area contributed by atoms with Crippen molar-refractivity contribution in [3.8, 4) is 0 Å². The van der Waals surface area contributed by atoms with Gasteiger partial charge in [-0.3, -0.25) is 9.69 Å². The molecule has 0 saturated carbocycles. The smallest absolute Gasteiger partial charge is 0.329 e. The number of fused-ring (bicyclic) bond motifs is 1. The van der Waals surface area contributed by atoms with E-state index < -0.39 is 23.9 Å². The van der Waals surface area contributed by atoms with Gasteiger partial charge in [-0.2, -0.15) is 0 Å². The second-order valence-electron chi connectivity index (χ2n) is 5.33. The molecule has 120 valence electrons. The van der Waals surface area contributed by atoms with Gasteiger partial charge in [0.2, 0.25) is 5.91 Å². The molecule has 0 spiro atoms. The number of nitrogens with one attached hydrogen (secondary N) is 1.